The van der Waals surface area contributed by atoms with Gasteiger partial charge < -0.3 is 19.7 Å². The Bertz CT molecular complexity index is 840. The van der Waals surface area contributed by atoms with Gasteiger partial charge in [-0.1, -0.05) is 12.1 Å². The van der Waals surface area contributed by atoms with Gasteiger partial charge in [-0.2, -0.15) is 0 Å². The van der Waals surface area contributed by atoms with Crippen molar-refractivity contribution in [1.29, 1.82) is 0 Å². The fourth-order valence-electron chi connectivity index (χ4n) is 2.94. The maximum Gasteiger partial charge on any atom is 0.262 e. The van der Waals surface area contributed by atoms with Gasteiger partial charge in [-0.25, -0.2) is 4.39 Å². The summed E-state index contributed by atoms with van der Waals surface area (Å²) < 4.78 is 24.1. The van der Waals surface area contributed by atoms with E-state index in [1.54, 1.807) is 35.2 Å². The number of ether oxygens (including phenoxy) is 2. The maximum atomic E-state index is 13.5. The molecule has 0 unspecified atom stereocenters. The molecule has 0 radical (unpaired) electrons. The molecule has 1 N–H and O–H groups in total. The molecule has 1 aliphatic heterocycles. The Kier molecular flexibility index (Phi) is 5.90. The fraction of sp³-hybridized carbons (Fsp3) is 0.300. The molecule has 0 saturated carbocycles. The molecule has 6 nitrogen and oxygen atoms in total. The first kappa shape index (κ1) is 18.7. The first-order valence-electron chi connectivity index (χ1n) is 8.74. The van der Waals surface area contributed by atoms with Gasteiger partial charge in [0.25, 0.3) is 5.91 Å². The number of amides is 2. The van der Waals surface area contributed by atoms with Gasteiger partial charge in [0.2, 0.25) is 5.91 Å². The predicted octanol–water partition coefficient (Wildman–Crippen LogP) is 3.37. The van der Waals surface area contributed by atoms with Gasteiger partial charge in [0, 0.05) is 18.7 Å². The van der Waals surface area contributed by atoms with Crippen molar-refractivity contribution in [2.24, 2.45) is 0 Å². The van der Waals surface area contributed by atoms with E-state index in [-0.39, 0.29) is 18.3 Å². The molecule has 27 heavy (non-hydrogen) atoms. The maximum absolute atomic E-state index is 13.5. The molecule has 1 heterocycles. The van der Waals surface area contributed by atoms with E-state index in [0.29, 0.717) is 30.1 Å². The van der Waals surface area contributed by atoms with Crippen LogP contribution >= 0.6 is 0 Å². The van der Waals surface area contributed by atoms with Gasteiger partial charge in [-0.15, -0.1) is 0 Å². The number of methoxy groups -OCH3 is 1. The summed E-state index contributed by atoms with van der Waals surface area (Å²) in [6, 6.07) is 11.0. The van der Waals surface area contributed by atoms with Gasteiger partial charge >= 0.3 is 0 Å². The number of nitrogens with zero attached hydrogens (tertiary/aromatic N) is 1. The van der Waals surface area contributed by atoms with Crippen molar-refractivity contribution >= 4 is 23.2 Å². The smallest absolute Gasteiger partial charge is 0.262 e. The van der Waals surface area contributed by atoms with Crippen LogP contribution in [0.3, 0.4) is 0 Å². The van der Waals surface area contributed by atoms with E-state index in [0.717, 1.165) is 12.8 Å². The van der Waals surface area contributed by atoms with E-state index < -0.39 is 11.7 Å². The summed E-state index contributed by atoms with van der Waals surface area (Å²) in [7, 11) is 1.54. The molecule has 0 aromatic heterocycles. The van der Waals surface area contributed by atoms with Crippen LogP contribution in [0, 0.1) is 5.82 Å². The Balaban J connectivity index is 1.69. The summed E-state index contributed by atoms with van der Waals surface area (Å²) in [5.41, 5.74) is 1.13. The second-order valence-corrected chi connectivity index (χ2v) is 6.16. The van der Waals surface area contributed by atoms with E-state index in [2.05, 4.69) is 5.32 Å². The second-order valence-electron chi connectivity index (χ2n) is 6.16. The van der Waals surface area contributed by atoms with Crippen molar-refractivity contribution in [1.82, 2.24) is 0 Å². The number of hydrogen-bond acceptors (Lipinski definition) is 4. The number of carbonyl (C=O) groups is 2. The van der Waals surface area contributed by atoms with E-state index >= 15 is 0 Å². The molecule has 7 heteroatoms. The van der Waals surface area contributed by atoms with Crippen LogP contribution in [0.25, 0.3) is 0 Å². The molecular formula is C20H21FN2O4. The summed E-state index contributed by atoms with van der Waals surface area (Å²) in [5.74, 6) is -0.348. The number of nitrogens with one attached hydrogen (secondary N) is 1. The van der Waals surface area contributed by atoms with Gasteiger partial charge in [0.1, 0.15) is 5.75 Å². The van der Waals surface area contributed by atoms with Crippen LogP contribution in [0.4, 0.5) is 15.8 Å². The highest BCUT2D eigenvalue weighted by Crippen LogP contribution is 2.33. The number of rotatable bonds is 6. The monoisotopic (exact) mass is 372 g/mol. The summed E-state index contributed by atoms with van der Waals surface area (Å²) in [6.07, 6.45) is 2.29. The summed E-state index contributed by atoms with van der Waals surface area (Å²) in [4.78, 5) is 26.0. The lowest BCUT2D eigenvalue weighted by Crippen LogP contribution is -2.35. The lowest BCUT2D eigenvalue weighted by molar-refractivity contribution is -0.119. The quantitative estimate of drug-likeness (QED) is 0.844. The standard InChI is InChI=1S/C20H21FN2O4/c1-26-18-10-9-14(12-16(18)23-11-5-4-8-20(23)25)22-19(24)13-27-17-7-3-2-6-15(17)21/h2-3,6-7,9-10,12H,4-5,8,11,13H2,1H3,(H,22,24). The molecule has 1 fully saturated rings. The van der Waals surface area contributed by atoms with Crippen molar-refractivity contribution in [2.45, 2.75) is 19.3 Å². The van der Waals surface area contributed by atoms with Crippen LogP contribution in [0.1, 0.15) is 19.3 Å². The van der Waals surface area contributed by atoms with Crippen molar-refractivity contribution in [2.75, 3.05) is 30.5 Å². The number of hydrogen-bond donors (Lipinski definition) is 1. The number of halogens is 1. The van der Waals surface area contributed by atoms with Crippen molar-refractivity contribution in [3.63, 3.8) is 0 Å². The second kappa shape index (κ2) is 8.53. The Morgan fingerprint density at radius 3 is 2.74 bits per heavy atom. The molecule has 0 spiro atoms. The average Bonchev–Trinajstić information content (AvgIpc) is 2.68. The number of carbonyl (C=O) groups excluding carboxylic acids is 2. The summed E-state index contributed by atoms with van der Waals surface area (Å²) in [6.45, 7) is 0.286. The van der Waals surface area contributed by atoms with Crippen molar-refractivity contribution in [3.8, 4) is 11.5 Å². The van der Waals surface area contributed by atoms with Crippen LogP contribution in [0.15, 0.2) is 42.5 Å². The summed E-state index contributed by atoms with van der Waals surface area (Å²) >= 11 is 0. The van der Waals surface area contributed by atoms with E-state index in [1.165, 1.54) is 19.2 Å². The van der Waals surface area contributed by atoms with Crippen molar-refractivity contribution in [3.05, 3.63) is 48.3 Å². The Labute approximate surface area is 156 Å². The van der Waals surface area contributed by atoms with Crippen molar-refractivity contribution < 1.29 is 23.5 Å². The van der Waals surface area contributed by atoms with Gasteiger partial charge in [0.15, 0.2) is 18.2 Å². The van der Waals surface area contributed by atoms with Crippen LogP contribution in [0.5, 0.6) is 11.5 Å². The van der Waals surface area contributed by atoms with E-state index in [4.69, 9.17) is 9.47 Å². The minimum absolute atomic E-state index is 0.0157. The molecule has 1 saturated heterocycles. The largest absolute Gasteiger partial charge is 0.495 e. The highest BCUT2D eigenvalue weighted by molar-refractivity contribution is 5.97. The molecule has 142 valence electrons. The zero-order valence-corrected chi connectivity index (χ0v) is 15.0. The molecule has 0 atom stereocenters. The van der Waals surface area contributed by atoms with E-state index in [1.807, 2.05) is 0 Å². The Morgan fingerprint density at radius 1 is 1.19 bits per heavy atom. The lowest BCUT2D eigenvalue weighted by Gasteiger charge is -2.28. The Morgan fingerprint density at radius 2 is 2.00 bits per heavy atom. The highest BCUT2D eigenvalue weighted by atomic mass is 19.1. The number of anilines is 2. The minimum Gasteiger partial charge on any atom is -0.495 e. The zero-order valence-electron chi connectivity index (χ0n) is 15.0. The third-order valence-electron chi connectivity index (χ3n) is 4.27. The van der Waals surface area contributed by atoms with Gasteiger partial charge in [-0.05, 0) is 43.2 Å². The number of piperidine rings is 1. The molecule has 0 bridgehead atoms. The molecule has 2 aromatic rings. The third kappa shape index (κ3) is 4.55. The average molecular weight is 372 g/mol. The fourth-order valence-corrected chi connectivity index (χ4v) is 2.94. The highest BCUT2D eigenvalue weighted by Gasteiger charge is 2.23. The number of benzene rings is 2. The first-order valence-corrected chi connectivity index (χ1v) is 8.74. The van der Waals surface area contributed by atoms with Gasteiger partial charge in [0.05, 0.1) is 12.8 Å². The zero-order chi connectivity index (χ0) is 19.2. The summed E-state index contributed by atoms with van der Waals surface area (Å²) in [5, 5.41) is 2.70. The number of para-hydroxylation sites is 1. The molecule has 2 aromatic carbocycles. The third-order valence-corrected chi connectivity index (χ3v) is 4.27. The molecular weight excluding hydrogens is 351 g/mol. The molecule has 2 amide bonds. The molecule has 3 rings (SSSR count). The Hall–Kier alpha value is -3.09. The SMILES string of the molecule is COc1ccc(NC(=O)COc2ccccc2F)cc1N1CCCCC1=O. The normalized spacial score (nSPS) is 14.0. The van der Waals surface area contributed by atoms with Crippen LogP contribution in [0.2, 0.25) is 0 Å². The van der Waals surface area contributed by atoms with Gasteiger partial charge in [-0.3, -0.25) is 9.59 Å². The molecule has 1 aliphatic rings. The topological polar surface area (TPSA) is 67.9 Å². The molecule has 0 aliphatic carbocycles. The predicted molar refractivity (Wildman–Crippen MR) is 99.7 cm³/mol. The van der Waals surface area contributed by atoms with E-state index in [9.17, 15) is 14.0 Å². The van der Waals surface area contributed by atoms with Crippen LogP contribution in [-0.2, 0) is 9.59 Å². The minimum atomic E-state index is -0.527. The van der Waals surface area contributed by atoms with Crippen LogP contribution < -0.4 is 19.7 Å². The lowest BCUT2D eigenvalue weighted by atomic mass is 10.1. The first-order chi connectivity index (χ1) is 13.1. The van der Waals surface area contributed by atoms with Crippen LogP contribution in [-0.4, -0.2) is 32.1 Å².